The number of non-ortho nitro benzene ring substituents is 1. The molecule has 0 spiro atoms. The summed E-state index contributed by atoms with van der Waals surface area (Å²) in [5.74, 6) is -0.158. The number of nitrogens with zero attached hydrogens (tertiary/aromatic N) is 5. The Morgan fingerprint density at radius 1 is 0.944 bits per heavy atom. The van der Waals surface area contributed by atoms with Crippen LogP contribution < -0.4 is 10.9 Å². The summed E-state index contributed by atoms with van der Waals surface area (Å²) in [7, 11) is 0. The molecule has 2 heterocycles. The summed E-state index contributed by atoms with van der Waals surface area (Å²) in [6.45, 7) is 1.98. The maximum atomic E-state index is 13.5. The Bertz CT molecular complexity index is 1660. The summed E-state index contributed by atoms with van der Waals surface area (Å²) in [6, 6.07) is 23.7. The normalized spacial score (nSPS) is 10.9. The van der Waals surface area contributed by atoms with Crippen molar-refractivity contribution >= 4 is 28.2 Å². The summed E-state index contributed by atoms with van der Waals surface area (Å²) in [5.41, 5.74) is 1.80. The molecular weight excluding hydrogens is 460 g/mol. The molecule has 0 aliphatic rings. The minimum atomic E-state index is -0.518. The van der Waals surface area contributed by atoms with Gasteiger partial charge < -0.3 is 5.32 Å². The number of rotatable bonds is 6. The number of anilines is 1. The molecule has 3 aromatic carbocycles. The van der Waals surface area contributed by atoms with Crippen molar-refractivity contribution in [3.8, 4) is 5.69 Å². The summed E-state index contributed by atoms with van der Waals surface area (Å²) in [5, 5.41) is 23.5. The van der Waals surface area contributed by atoms with Crippen LogP contribution >= 0.6 is 0 Å². The Labute approximate surface area is 204 Å². The van der Waals surface area contributed by atoms with Crippen LogP contribution in [0.3, 0.4) is 0 Å². The van der Waals surface area contributed by atoms with Gasteiger partial charge in [-0.2, -0.15) is 10.2 Å². The summed E-state index contributed by atoms with van der Waals surface area (Å²) in [4.78, 5) is 37.1. The van der Waals surface area contributed by atoms with Gasteiger partial charge in [0.15, 0.2) is 5.69 Å². The van der Waals surface area contributed by atoms with Crippen molar-refractivity contribution < 1.29 is 9.72 Å². The van der Waals surface area contributed by atoms with Gasteiger partial charge in [-0.3, -0.25) is 19.7 Å². The van der Waals surface area contributed by atoms with Crippen molar-refractivity contribution in [2.45, 2.75) is 13.5 Å². The molecule has 0 aliphatic carbocycles. The van der Waals surface area contributed by atoms with Gasteiger partial charge in [0.1, 0.15) is 5.82 Å². The molecular formula is C26H20N6O4. The van der Waals surface area contributed by atoms with Gasteiger partial charge in [-0.15, -0.1) is 0 Å². The summed E-state index contributed by atoms with van der Waals surface area (Å²) < 4.78 is 2.77. The largest absolute Gasteiger partial charge is 0.305 e. The molecule has 0 bridgehead atoms. The zero-order chi connectivity index (χ0) is 25.2. The van der Waals surface area contributed by atoms with Crippen LogP contribution in [0.2, 0.25) is 0 Å². The van der Waals surface area contributed by atoms with Crippen molar-refractivity contribution in [2.75, 3.05) is 5.32 Å². The predicted molar refractivity (Wildman–Crippen MR) is 134 cm³/mol. The Kier molecular flexibility index (Phi) is 5.83. The molecule has 36 heavy (non-hydrogen) atoms. The van der Waals surface area contributed by atoms with E-state index >= 15 is 0 Å². The standard InChI is InChI=1S/C26H20N6O4/c1-17-15-23(31(28-17)19-11-13-20(14-12-19)32(35)36)27-25(33)24-21-9-5-6-10-22(21)26(34)30(29-24)16-18-7-3-2-4-8-18/h2-15H,16H2,1H3,(H,27,33). The molecule has 0 unspecified atom stereocenters. The van der Waals surface area contributed by atoms with Crippen molar-refractivity contribution in [1.82, 2.24) is 19.6 Å². The fourth-order valence-corrected chi connectivity index (χ4v) is 3.94. The van der Waals surface area contributed by atoms with Crippen LogP contribution in [0.15, 0.2) is 89.7 Å². The number of fused-ring (bicyclic) bond motifs is 1. The van der Waals surface area contributed by atoms with Crippen LogP contribution in [0.1, 0.15) is 21.7 Å². The molecule has 10 heteroatoms. The third-order valence-corrected chi connectivity index (χ3v) is 5.64. The minimum Gasteiger partial charge on any atom is -0.305 e. The van der Waals surface area contributed by atoms with E-state index in [0.717, 1.165) is 5.56 Å². The quantitative estimate of drug-likeness (QED) is 0.288. The molecule has 0 fully saturated rings. The number of nitro groups is 1. The van der Waals surface area contributed by atoms with E-state index in [9.17, 15) is 19.7 Å². The fourth-order valence-electron chi connectivity index (χ4n) is 3.94. The molecule has 0 saturated carbocycles. The van der Waals surface area contributed by atoms with E-state index in [4.69, 9.17) is 0 Å². The number of benzene rings is 3. The first-order valence-electron chi connectivity index (χ1n) is 11.1. The molecule has 5 rings (SSSR count). The lowest BCUT2D eigenvalue weighted by molar-refractivity contribution is -0.384. The Morgan fingerprint density at radius 2 is 1.61 bits per heavy atom. The molecule has 5 aromatic rings. The van der Waals surface area contributed by atoms with Gasteiger partial charge in [0.05, 0.1) is 28.2 Å². The van der Waals surface area contributed by atoms with Crippen molar-refractivity contribution in [3.05, 3.63) is 122 Å². The molecule has 1 N–H and O–H groups in total. The molecule has 0 atom stereocenters. The number of hydrogen-bond acceptors (Lipinski definition) is 6. The van der Waals surface area contributed by atoms with Gasteiger partial charge in [0.25, 0.3) is 17.2 Å². The molecule has 0 aliphatic heterocycles. The zero-order valence-corrected chi connectivity index (χ0v) is 19.2. The fraction of sp³-hybridized carbons (Fsp3) is 0.0769. The van der Waals surface area contributed by atoms with E-state index in [0.29, 0.717) is 28.0 Å². The first-order valence-corrected chi connectivity index (χ1v) is 11.1. The number of amides is 1. The van der Waals surface area contributed by atoms with Crippen LogP contribution in [0.25, 0.3) is 16.5 Å². The van der Waals surface area contributed by atoms with Gasteiger partial charge in [0, 0.05) is 23.6 Å². The lowest BCUT2D eigenvalue weighted by Crippen LogP contribution is -2.28. The number of nitro benzene ring substituents is 1. The van der Waals surface area contributed by atoms with E-state index in [1.54, 1.807) is 49.4 Å². The van der Waals surface area contributed by atoms with Gasteiger partial charge >= 0.3 is 0 Å². The van der Waals surface area contributed by atoms with Crippen molar-refractivity contribution in [1.29, 1.82) is 0 Å². The van der Waals surface area contributed by atoms with Gasteiger partial charge in [0.2, 0.25) is 0 Å². The predicted octanol–water partition coefficient (Wildman–Crippen LogP) is 4.10. The van der Waals surface area contributed by atoms with Crippen molar-refractivity contribution in [3.63, 3.8) is 0 Å². The van der Waals surface area contributed by atoms with Gasteiger partial charge in [-0.05, 0) is 30.7 Å². The molecule has 0 radical (unpaired) electrons. The number of aromatic nitrogens is 4. The van der Waals surface area contributed by atoms with Crippen LogP contribution in [-0.4, -0.2) is 30.4 Å². The average molecular weight is 480 g/mol. The highest BCUT2D eigenvalue weighted by atomic mass is 16.6. The second kappa shape index (κ2) is 9.26. The second-order valence-corrected chi connectivity index (χ2v) is 8.15. The number of carbonyl (C=O) groups is 1. The molecule has 0 saturated heterocycles. The topological polar surface area (TPSA) is 125 Å². The van der Waals surface area contributed by atoms with Crippen molar-refractivity contribution in [2.24, 2.45) is 0 Å². The third kappa shape index (κ3) is 4.34. The van der Waals surface area contributed by atoms with Gasteiger partial charge in [-0.1, -0.05) is 48.5 Å². The Balaban J connectivity index is 1.54. The lowest BCUT2D eigenvalue weighted by Gasteiger charge is -2.12. The minimum absolute atomic E-state index is 0.0513. The smallest absolute Gasteiger partial charge is 0.277 e. The highest BCUT2D eigenvalue weighted by Gasteiger charge is 2.19. The second-order valence-electron chi connectivity index (χ2n) is 8.15. The van der Waals surface area contributed by atoms with Crippen LogP contribution in [0, 0.1) is 17.0 Å². The number of carbonyl (C=O) groups excluding carboxylic acids is 1. The van der Waals surface area contributed by atoms with E-state index in [2.05, 4.69) is 15.5 Å². The van der Waals surface area contributed by atoms with Gasteiger partial charge in [-0.25, -0.2) is 9.36 Å². The number of aryl methyl sites for hydroxylation is 1. The maximum absolute atomic E-state index is 13.5. The van der Waals surface area contributed by atoms with E-state index in [-0.39, 0.29) is 23.5 Å². The van der Waals surface area contributed by atoms with Crippen LogP contribution in [0.4, 0.5) is 11.5 Å². The third-order valence-electron chi connectivity index (χ3n) is 5.64. The van der Waals surface area contributed by atoms with E-state index in [1.165, 1.54) is 21.5 Å². The summed E-state index contributed by atoms with van der Waals surface area (Å²) >= 11 is 0. The number of hydrogen-bond donors (Lipinski definition) is 1. The van der Waals surface area contributed by atoms with E-state index < -0.39 is 10.8 Å². The molecule has 178 valence electrons. The molecule has 2 aromatic heterocycles. The lowest BCUT2D eigenvalue weighted by atomic mass is 10.1. The van der Waals surface area contributed by atoms with E-state index in [1.807, 2.05) is 30.3 Å². The maximum Gasteiger partial charge on any atom is 0.277 e. The highest BCUT2D eigenvalue weighted by Crippen LogP contribution is 2.22. The van der Waals surface area contributed by atoms with Crippen LogP contribution in [0.5, 0.6) is 0 Å². The highest BCUT2D eigenvalue weighted by molar-refractivity contribution is 6.10. The number of nitrogens with one attached hydrogen (secondary N) is 1. The molecule has 10 nitrogen and oxygen atoms in total. The monoisotopic (exact) mass is 480 g/mol. The first-order chi connectivity index (χ1) is 17.4. The SMILES string of the molecule is Cc1cc(NC(=O)c2nn(Cc3ccccc3)c(=O)c3ccccc23)n(-c2ccc([N+](=O)[O-])cc2)n1. The Morgan fingerprint density at radius 3 is 2.31 bits per heavy atom. The average Bonchev–Trinajstić information content (AvgIpc) is 3.26. The molecule has 1 amide bonds. The summed E-state index contributed by atoms with van der Waals surface area (Å²) in [6.07, 6.45) is 0. The zero-order valence-electron chi connectivity index (χ0n) is 19.2. The Hall–Kier alpha value is -5.12. The first kappa shape index (κ1) is 22.7. The van der Waals surface area contributed by atoms with Crippen LogP contribution in [-0.2, 0) is 6.54 Å².